The van der Waals surface area contributed by atoms with Crippen LogP contribution in [0.3, 0.4) is 0 Å². The maximum atomic E-state index is 13.5. The Bertz CT molecular complexity index is 1240. The summed E-state index contributed by atoms with van der Waals surface area (Å²) in [5.74, 6) is -2.40. The number of nitrogens with zero attached hydrogens (tertiary/aromatic N) is 1. The summed E-state index contributed by atoms with van der Waals surface area (Å²) < 4.78 is 18.3. The summed E-state index contributed by atoms with van der Waals surface area (Å²) in [6.07, 6.45) is 2.90. The lowest BCUT2D eigenvalue weighted by Crippen LogP contribution is -2.74. The molecule has 8 nitrogen and oxygen atoms in total. The molecule has 0 bridgehead atoms. The van der Waals surface area contributed by atoms with E-state index in [-0.39, 0.29) is 11.3 Å². The molecule has 4 atom stereocenters. The normalized spacial score (nSPS) is 23.8. The molecule has 0 saturated carbocycles. The first-order chi connectivity index (χ1) is 16.3. The Morgan fingerprint density at radius 3 is 2.26 bits per heavy atom. The van der Waals surface area contributed by atoms with Gasteiger partial charge in [0.2, 0.25) is 0 Å². The highest BCUT2D eigenvalue weighted by atomic mass is 32.2. The molecule has 2 aliphatic heterocycles. The monoisotopic (exact) mass is 478 g/mol. The van der Waals surface area contributed by atoms with Gasteiger partial charge >= 0.3 is 5.97 Å². The van der Waals surface area contributed by atoms with Crippen molar-refractivity contribution in [3.8, 4) is 0 Å². The van der Waals surface area contributed by atoms with E-state index in [1.165, 1.54) is 13.0 Å². The van der Waals surface area contributed by atoms with E-state index in [0.717, 1.165) is 17.6 Å². The molecule has 34 heavy (non-hydrogen) atoms. The average Bonchev–Trinajstić information content (AvgIpc) is 2.86. The summed E-state index contributed by atoms with van der Waals surface area (Å²) >= 11 is 0. The van der Waals surface area contributed by atoms with Gasteiger partial charge in [0.15, 0.2) is 5.78 Å². The fourth-order valence-corrected chi connectivity index (χ4v) is 5.94. The van der Waals surface area contributed by atoms with Crippen molar-refractivity contribution >= 4 is 40.4 Å². The number of amides is 2. The average molecular weight is 479 g/mol. The predicted octanol–water partition coefficient (Wildman–Crippen LogP) is 1.81. The Kier molecular flexibility index (Phi) is 6.56. The number of hydrogen-bond acceptors (Lipinski definition) is 6. The van der Waals surface area contributed by atoms with Crippen LogP contribution in [0.15, 0.2) is 78.0 Å². The Morgan fingerprint density at radius 2 is 1.65 bits per heavy atom. The van der Waals surface area contributed by atoms with Gasteiger partial charge in [0.05, 0.1) is 17.9 Å². The Labute approximate surface area is 198 Å². The second-order valence-electron chi connectivity index (χ2n) is 7.79. The number of β-lactam (4-membered cyclic amide) rings is 1. The van der Waals surface area contributed by atoms with Gasteiger partial charge in [-0.15, -0.1) is 0 Å². The first kappa shape index (κ1) is 23.3. The number of carbonyl (C=O) groups is 4. The third-order valence-corrected chi connectivity index (χ3v) is 7.73. The van der Waals surface area contributed by atoms with E-state index in [1.807, 2.05) is 30.3 Å². The van der Waals surface area contributed by atoms with Gasteiger partial charge in [-0.05, 0) is 36.3 Å². The molecule has 2 heterocycles. The number of fused-ring (bicyclic) bond motifs is 1. The molecule has 0 radical (unpaired) electrons. The second kappa shape index (κ2) is 9.56. The zero-order valence-electron chi connectivity index (χ0n) is 18.5. The fraction of sp³-hybridized carbons (Fsp3) is 0.200. The van der Waals surface area contributed by atoms with Crippen LogP contribution < -0.4 is 5.32 Å². The van der Waals surface area contributed by atoms with Crippen LogP contribution in [0.2, 0.25) is 0 Å². The van der Waals surface area contributed by atoms with E-state index in [0.29, 0.717) is 5.56 Å². The lowest BCUT2D eigenvalue weighted by atomic mass is 9.99. The van der Waals surface area contributed by atoms with E-state index in [1.54, 1.807) is 36.4 Å². The molecule has 2 aromatic carbocycles. The number of ether oxygens (including phenoxy) is 1. The van der Waals surface area contributed by atoms with Crippen molar-refractivity contribution in [1.29, 1.82) is 0 Å². The molecule has 0 aromatic heterocycles. The number of rotatable bonds is 6. The molecule has 0 spiro atoms. The highest BCUT2D eigenvalue weighted by Gasteiger charge is 2.60. The number of nitrogens with one attached hydrogen (secondary N) is 1. The molecule has 1 unspecified atom stereocenters. The van der Waals surface area contributed by atoms with Gasteiger partial charge in [-0.3, -0.25) is 23.5 Å². The fourth-order valence-electron chi connectivity index (χ4n) is 4.03. The van der Waals surface area contributed by atoms with Gasteiger partial charge in [0.1, 0.15) is 22.4 Å². The summed E-state index contributed by atoms with van der Waals surface area (Å²) in [5, 5.41) is 0.355. The van der Waals surface area contributed by atoms with E-state index in [2.05, 4.69) is 5.32 Å². The van der Waals surface area contributed by atoms with Crippen LogP contribution in [0.4, 0.5) is 0 Å². The Balaban J connectivity index is 1.66. The number of benzene rings is 2. The molecule has 2 aromatic rings. The van der Waals surface area contributed by atoms with E-state index in [9.17, 15) is 23.4 Å². The molecule has 2 amide bonds. The third kappa shape index (κ3) is 4.10. The lowest BCUT2D eigenvalue weighted by Gasteiger charge is -2.50. The van der Waals surface area contributed by atoms with Crippen molar-refractivity contribution in [1.82, 2.24) is 10.2 Å². The van der Waals surface area contributed by atoms with E-state index in [4.69, 9.17) is 4.74 Å². The number of hydrogen-bond donors (Lipinski definition) is 1. The quantitative estimate of drug-likeness (QED) is 0.385. The molecule has 1 saturated heterocycles. The summed E-state index contributed by atoms with van der Waals surface area (Å²) in [5.41, 5.74) is 1.17. The lowest BCUT2D eigenvalue weighted by molar-refractivity contribution is -0.150. The molecule has 4 rings (SSSR count). The van der Waals surface area contributed by atoms with Crippen LogP contribution in [0.25, 0.3) is 6.08 Å². The minimum absolute atomic E-state index is 0.117. The summed E-state index contributed by atoms with van der Waals surface area (Å²) in [7, 11) is -0.762. The van der Waals surface area contributed by atoms with Crippen molar-refractivity contribution < 1.29 is 28.1 Å². The highest BCUT2D eigenvalue weighted by Crippen LogP contribution is 2.39. The number of esters is 1. The number of ketones is 1. The predicted molar refractivity (Wildman–Crippen MR) is 125 cm³/mol. The smallest absolute Gasteiger partial charge is 0.354 e. The SMILES string of the molecule is COC(=O)C1=C(C)[C@@H](C(=O)/C=C/c2ccccc2)S(=O)[C@@H]2[C@H](NC(=O)c3ccccc3)C(=O)N12. The zero-order valence-corrected chi connectivity index (χ0v) is 19.3. The first-order valence-electron chi connectivity index (χ1n) is 10.5. The highest BCUT2D eigenvalue weighted by molar-refractivity contribution is 7.87. The van der Waals surface area contributed by atoms with E-state index >= 15 is 0 Å². The maximum absolute atomic E-state index is 13.5. The van der Waals surface area contributed by atoms with Crippen LogP contribution in [-0.4, -0.2) is 56.5 Å². The molecule has 1 fully saturated rings. The topological polar surface area (TPSA) is 110 Å². The van der Waals surface area contributed by atoms with Crippen LogP contribution in [0.5, 0.6) is 0 Å². The van der Waals surface area contributed by atoms with Crippen LogP contribution in [0.1, 0.15) is 22.8 Å². The van der Waals surface area contributed by atoms with Crippen LogP contribution >= 0.6 is 0 Å². The number of methoxy groups -OCH3 is 1. The Hall–Kier alpha value is -3.85. The Morgan fingerprint density at radius 1 is 1.03 bits per heavy atom. The minimum Gasteiger partial charge on any atom is -0.464 e. The van der Waals surface area contributed by atoms with Crippen molar-refractivity contribution in [2.75, 3.05) is 7.11 Å². The molecule has 174 valence electrons. The van der Waals surface area contributed by atoms with Gasteiger partial charge in [0.25, 0.3) is 11.8 Å². The number of carbonyl (C=O) groups excluding carboxylic acids is 4. The maximum Gasteiger partial charge on any atom is 0.354 e. The zero-order chi connectivity index (χ0) is 24.4. The molecule has 2 aliphatic rings. The van der Waals surface area contributed by atoms with Gasteiger partial charge in [0, 0.05) is 5.56 Å². The summed E-state index contributed by atoms with van der Waals surface area (Å²) in [4.78, 5) is 52.2. The largest absolute Gasteiger partial charge is 0.464 e. The van der Waals surface area contributed by atoms with Crippen molar-refractivity contribution in [2.24, 2.45) is 0 Å². The standard InChI is InChI=1S/C25H22N2O6S/c1-15-20(25(31)33-2)27-23(30)19(26-22(29)17-11-7-4-8-12-17)24(27)34(32)21(15)18(28)14-13-16-9-5-3-6-10-16/h3-14,19,21,24H,1-2H3,(H,26,29)/b14-13+/t19-,21+,24-,34?/m1/s1. The molecular formula is C25H22N2O6S. The van der Waals surface area contributed by atoms with Crippen LogP contribution in [-0.2, 0) is 29.9 Å². The molecule has 0 aliphatic carbocycles. The summed E-state index contributed by atoms with van der Waals surface area (Å²) in [6, 6.07) is 16.2. The molecule has 1 N–H and O–H groups in total. The third-order valence-electron chi connectivity index (χ3n) is 5.72. The molecular weight excluding hydrogens is 456 g/mol. The van der Waals surface area contributed by atoms with Gasteiger partial charge in [-0.2, -0.15) is 0 Å². The van der Waals surface area contributed by atoms with Crippen molar-refractivity contribution in [3.05, 3.63) is 89.1 Å². The van der Waals surface area contributed by atoms with Crippen molar-refractivity contribution in [2.45, 2.75) is 23.6 Å². The van der Waals surface area contributed by atoms with Gasteiger partial charge in [-0.25, -0.2) is 4.79 Å². The van der Waals surface area contributed by atoms with Gasteiger partial charge in [-0.1, -0.05) is 54.6 Å². The van der Waals surface area contributed by atoms with Gasteiger partial charge < -0.3 is 10.1 Å². The van der Waals surface area contributed by atoms with Crippen molar-refractivity contribution in [3.63, 3.8) is 0 Å². The minimum atomic E-state index is -1.92. The van der Waals surface area contributed by atoms with Crippen LogP contribution in [0, 0.1) is 0 Å². The van der Waals surface area contributed by atoms with E-state index < -0.39 is 51.0 Å². The summed E-state index contributed by atoms with van der Waals surface area (Å²) in [6.45, 7) is 1.49. The second-order valence-corrected chi connectivity index (χ2v) is 9.41. The first-order valence-corrected chi connectivity index (χ1v) is 11.8. The molecule has 9 heteroatoms. The number of allylic oxidation sites excluding steroid dienone is 1.